The van der Waals surface area contributed by atoms with E-state index in [2.05, 4.69) is 10.6 Å². The zero-order valence-corrected chi connectivity index (χ0v) is 20.0. The van der Waals surface area contributed by atoms with Crippen molar-refractivity contribution in [2.45, 2.75) is 37.8 Å². The average Bonchev–Trinajstić information content (AvgIpc) is 2.78. The number of carbonyl (C=O) groups is 3. The molecule has 228 valence electrons. The Morgan fingerprint density at radius 3 is 0.750 bits per heavy atom. The van der Waals surface area contributed by atoms with Crippen molar-refractivity contribution in [1.29, 1.82) is 0 Å². The second-order valence-corrected chi connectivity index (χ2v) is 8.75. The number of alkyl halides is 15. The van der Waals surface area contributed by atoms with E-state index in [1.165, 1.54) is 0 Å². The molecule has 0 spiro atoms. The SMILES string of the molecule is O=C(/C(F)=C(\[O][Ga]([O]/C(=C(/F)C(=O)C(F)(F)F)C(F)F)[O]/C(=C(/F)C(=O)C(F)(F)F)C(F)F)C(F)F)C(F)(F)F. The zero-order valence-electron chi connectivity index (χ0n) is 17.6. The molecule has 0 rings (SSSR count). The molecule has 0 aromatic carbocycles. The summed E-state index contributed by atoms with van der Waals surface area (Å²) in [5.41, 5.74) is 0. The van der Waals surface area contributed by atoms with Crippen molar-refractivity contribution in [3.8, 4) is 0 Å². The standard InChI is InChI=1S/3C5H2F6O2.Ga/c3*6-1(2(12)4(7)8)3(13)5(9,10)11;/h3*4,12H;/q;;;+3/p-3/b3*2-1+;. The molecule has 0 radical (unpaired) electrons. The maximum absolute atomic E-state index is 13.7. The number of ketones is 3. The third kappa shape index (κ3) is 10.2. The van der Waals surface area contributed by atoms with E-state index in [0.717, 1.165) is 0 Å². The summed E-state index contributed by atoms with van der Waals surface area (Å²) >= 11 is -7.06. The van der Waals surface area contributed by atoms with E-state index in [1.807, 2.05) is 0 Å². The second-order valence-electron chi connectivity index (χ2n) is 6.06. The van der Waals surface area contributed by atoms with Crippen molar-refractivity contribution in [3.63, 3.8) is 0 Å². The third-order valence-corrected chi connectivity index (χ3v) is 6.09. The molecule has 0 fully saturated rings. The average molecular weight is 691 g/mol. The molecular formula is C15H3F18GaO6. The summed E-state index contributed by atoms with van der Waals surface area (Å²) in [6.07, 6.45) is -33.9. The van der Waals surface area contributed by atoms with Crippen molar-refractivity contribution in [3.05, 3.63) is 34.8 Å². The van der Waals surface area contributed by atoms with Gasteiger partial charge in [0.2, 0.25) is 0 Å². The van der Waals surface area contributed by atoms with Gasteiger partial charge in [0.25, 0.3) is 0 Å². The molecule has 0 aliphatic rings. The van der Waals surface area contributed by atoms with Crippen LogP contribution < -0.4 is 0 Å². The van der Waals surface area contributed by atoms with Gasteiger partial charge in [0.1, 0.15) is 0 Å². The van der Waals surface area contributed by atoms with Crippen LogP contribution in [0.3, 0.4) is 0 Å². The molecule has 0 aromatic heterocycles. The molecule has 6 nitrogen and oxygen atoms in total. The molecule has 0 atom stereocenters. The Labute approximate surface area is 212 Å². The maximum atomic E-state index is 13.7. The summed E-state index contributed by atoms with van der Waals surface area (Å²) in [6.45, 7) is 0. The first-order valence-electron chi connectivity index (χ1n) is 8.62. The van der Waals surface area contributed by atoms with Gasteiger partial charge in [0, 0.05) is 0 Å². The summed E-state index contributed by atoms with van der Waals surface area (Å²) in [5, 5.41) is 0. The van der Waals surface area contributed by atoms with Crippen LogP contribution in [0.25, 0.3) is 0 Å². The summed E-state index contributed by atoms with van der Waals surface area (Å²) in [4.78, 5) is 32.5. The van der Waals surface area contributed by atoms with Crippen LogP contribution in [-0.4, -0.2) is 72.5 Å². The monoisotopic (exact) mass is 690 g/mol. The van der Waals surface area contributed by atoms with Gasteiger partial charge in [-0.25, -0.2) is 0 Å². The van der Waals surface area contributed by atoms with Crippen LogP contribution in [0, 0.1) is 0 Å². The predicted octanol–water partition coefficient (Wildman–Crippen LogP) is 5.75. The predicted molar refractivity (Wildman–Crippen MR) is 84.6 cm³/mol. The van der Waals surface area contributed by atoms with Crippen LogP contribution in [-0.2, 0) is 25.0 Å². The molecule has 40 heavy (non-hydrogen) atoms. The van der Waals surface area contributed by atoms with Gasteiger partial charge in [0.05, 0.1) is 0 Å². The third-order valence-electron chi connectivity index (χ3n) is 3.28. The zero-order chi connectivity index (χ0) is 32.1. The minimum atomic E-state index is -7.06. The molecular weight excluding hydrogens is 688 g/mol. The van der Waals surface area contributed by atoms with Crippen LogP contribution >= 0.6 is 0 Å². The van der Waals surface area contributed by atoms with E-state index in [0.29, 0.717) is 0 Å². The van der Waals surface area contributed by atoms with Crippen molar-refractivity contribution in [2.75, 3.05) is 0 Å². The fourth-order valence-corrected chi connectivity index (χ4v) is 4.60. The van der Waals surface area contributed by atoms with Crippen molar-refractivity contribution in [2.24, 2.45) is 0 Å². The Bertz CT molecular complexity index is 934. The van der Waals surface area contributed by atoms with E-state index in [-0.39, 0.29) is 0 Å². The molecule has 25 heteroatoms. The molecule has 0 aromatic rings. The Kier molecular flexibility index (Phi) is 12.6. The molecule has 0 aliphatic carbocycles. The fourth-order valence-electron chi connectivity index (χ4n) is 1.69. The quantitative estimate of drug-likeness (QED) is 0.112. The van der Waals surface area contributed by atoms with Crippen LogP contribution in [0.1, 0.15) is 0 Å². The molecule has 0 unspecified atom stereocenters. The fraction of sp³-hybridized carbons (Fsp3) is 0.400. The van der Waals surface area contributed by atoms with Crippen LogP contribution in [0.5, 0.6) is 0 Å². The van der Waals surface area contributed by atoms with E-state index in [1.54, 1.807) is 0 Å². The van der Waals surface area contributed by atoms with Crippen LogP contribution in [0.4, 0.5) is 79.0 Å². The van der Waals surface area contributed by atoms with Crippen molar-refractivity contribution in [1.82, 2.24) is 0 Å². The first kappa shape index (κ1) is 37.0. The van der Waals surface area contributed by atoms with Crippen molar-refractivity contribution >= 4 is 34.7 Å². The first-order valence-corrected chi connectivity index (χ1v) is 11.6. The number of rotatable bonds is 12. The second kappa shape index (κ2) is 13.6. The van der Waals surface area contributed by atoms with E-state index < -0.39 is 107 Å². The van der Waals surface area contributed by atoms with Crippen molar-refractivity contribution < 1.29 is 104 Å². The number of carbonyl (C=O) groups excluding carboxylic acids is 3. The van der Waals surface area contributed by atoms with Crippen LogP contribution in [0.15, 0.2) is 34.8 Å². The Morgan fingerprint density at radius 1 is 0.450 bits per heavy atom. The number of hydrogen-bond acceptors (Lipinski definition) is 6. The minimum absolute atomic E-state index is 3.38. The van der Waals surface area contributed by atoms with E-state index in [9.17, 15) is 93.4 Å². The van der Waals surface area contributed by atoms with Gasteiger partial charge in [-0.2, -0.15) is 0 Å². The van der Waals surface area contributed by atoms with Gasteiger partial charge in [0.15, 0.2) is 0 Å². The molecule has 0 N–H and O–H groups in total. The Hall–Kier alpha value is -2.99. The summed E-state index contributed by atoms with van der Waals surface area (Å²) in [7, 11) is 0. The van der Waals surface area contributed by atoms with Gasteiger partial charge in [-0.05, 0) is 0 Å². The van der Waals surface area contributed by atoms with Gasteiger partial charge < -0.3 is 0 Å². The van der Waals surface area contributed by atoms with Gasteiger partial charge >= 0.3 is 211 Å². The number of Topliss-reactive ketones (excluding diaryl/α,β-unsaturated/α-hetero) is 3. The Morgan fingerprint density at radius 2 is 0.625 bits per heavy atom. The van der Waals surface area contributed by atoms with Gasteiger partial charge in [-0.1, -0.05) is 0 Å². The molecule has 0 saturated heterocycles. The molecule has 0 aliphatic heterocycles. The molecule has 0 saturated carbocycles. The van der Waals surface area contributed by atoms with E-state index in [4.69, 9.17) is 0 Å². The Balaban J connectivity index is 7.25. The molecule has 0 amide bonds. The topological polar surface area (TPSA) is 78.9 Å². The molecule has 0 bridgehead atoms. The van der Waals surface area contributed by atoms with Crippen LogP contribution in [0.2, 0.25) is 0 Å². The summed E-state index contributed by atoms with van der Waals surface area (Å²) in [5.74, 6) is -33.2. The number of hydrogen-bond donors (Lipinski definition) is 0. The van der Waals surface area contributed by atoms with Gasteiger partial charge in [-0.15, -0.1) is 0 Å². The summed E-state index contributed by atoms with van der Waals surface area (Å²) in [6, 6.07) is 0. The molecule has 0 heterocycles. The first-order chi connectivity index (χ1) is 17.7. The number of allylic oxidation sites excluding steroid dienone is 6. The normalized spacial score (nSPS) is 14.9. The number of halogens is 18. The van der Waals surface area contributed by atoms with Gasteiger partial charge in [-0.3, -0.25) is 0 Å². The summed E-state index contributed by atoms with van der Waals surface area (Å²) < 4.78 is 241. The van der Waals surface area contributed by atoms with E-state index >= 15 is 0 Å².